The molecule has 0 fully saturated rings. The lowest BCUT2D eigenvalue weighted by atomic mass is 10.1. The Bertz CT molecular complexity index is 733. The van der Waals surface area contributed by atoms with Crippen molar-refractivity contribution >= 4 is 39.6 Å². The molecule has 3 aromatic rings. The van der Waals surface area contributed by atoms with Crippen molar-refractivity contribution < 1.29 is 0 Å². The molecule has 0 saturated heterocycles. The molecule has 2 aromatic heterocycles. The van der Waals surface area contributed by atoms with Crippen molar-refractivity contribution in [3.63, 3.8) is 0 Å². The summed E-state index contributed by atoms with van der Waals surface area (Å²) in [5.41, 5.74) is 3.63. The van der Waals surface area contributed by atoms with Crippen LogP contribution in [-0.2, 0) is 12.2 Å². The third-order valence-electron chi connectivity index (χ3n) is 3.12. The van der Waals surface area contributed by atoms with Gasteiger partial charge in [0.25, 0.3) is 0 Å². The molecule has 0 aliphatic carbocycles. The molecule has 0 spiro atoms. The molecule has 114 valence electrons. The second-order valence-corrected chi connectivity index (χ2v) is 7.66. The van der Waals surface area contributed by atoms with Gasteiger partial charge in [-0.05, 0) is 12.0 Å². The molecule has 7 heteroatoms. The lowest BCUT2D eigenvalue weighted by Gasteiger charge is -1.99. The quantitative estimate of drug-likeness (QED) is 0.662. The fourth-order valence-electron chi connectivity index (χ4n) is 1.89. The van der Waals surface area contributed by atoms with Gasteiger partial charge in [-0.1, -0.05) is 54.3 Å². The van der Waals surface area contributed by atoms with Gasteiger partial charge < -0.3 is 5.32 Å². The van der Waals surface area contributed by atoms with Crippen molar-refractivity contribution in [1.82, 2.24) is 15.2 Å². The maximum Gasteiger partial charge on any atom is 0.206 e. The minimum atomic E-state index is 0.821. The number of nitrogens with one attached hydrogen (secondary N) is 1. The van der Waals surface area contributed by atoms with E-state index >= 15 is 0 Å². The number of aromatic nitrogens is 3. The maximum absolute atomic E-state index is 4.72. The van der Waals surface area contributed by atoms with Crippen LogP contribution >= 0.6 is 34.4 Å². The predicted octanol–water partition coefficient (Wildman–Crippen LogP) is 4.56. The molecule has 0 saturated carbocycles. The predicted molar refractivity (Wildman–Crippen MR) is 95.9 cm³/mol. The first-order chi connectivity index (χ1) is 10.8. The van der Waals surface area contributed by atoms with Crippen LogP contribution in [-0.4, -0.2) is 22.2 Å². The van der Waals surface area contributed by atoms with Gasteiger partial charge in [-0.15, -0.1) is 21.5 Å². The highest BCUT2D eigenvalue weighted by Crippen LogP contribution is 2.30. The summed E-state index contributed by atoms with van der Waals surface area (Å²) in [6, 6.07) is 8.65. The minimum absolute atomic E-state index is 0.821. The molecule has 4 nitrogen and oxygen atoms in total. The number of hydrogen-bond acceptors (Lipinski definition) is 7. The Labute approximate surface area is 142 Å². The highest BCUT2D eigenvalue weighted by atomic mass is 32.2. The van der Waals surface area contributed by atoms with E-state index < -0.39 is 0 Å². The van der Waals surface area contributed by atoms with Crippen molar-refractivity contribution in [3.8, 4) is 10.6 Å². The number of benzene rings is 1. The van der Waals surface area contributed by atoms with Crippen LogP contribution in [0.2, 0.25) is 0 Å². The monoisotopic (exact) mass is 348 g/mol. The van der Waals surface area contributed by atoms with E-state index in [0.29, 0.717) is 0 Å². The van der Waals surface area contributed by atoms with Gasteiger partial charge in [-0.2, -0.15) is 0 Å². The summed E-state index contributed by atoms with van der Waals surface area (Å²) >= 11 is 4.93. The normalized spacial score (nSPS) is 10.8. The zero-order chi connectivity index (χ0) is 15.4. The van der Waals surface area contributed by atoms with E-state index in [2.05, 4.69) is 52.1 Å². The van der Waals surface area contributed by atoms with Gasteiger partial charge in [0.2, 0.25) is 5.13 Å². The van der Waals surface area contributed by atoms with Crippen molar-refractivity contribution in [2.45, 2.75) is 23.4 Å². The number of rotatable bonds is 6. The summed E-state index contributed by atoms with van der Waals surface area (Å²) in [5, 5.41) is 15.2. The average Bonchev–Trinajstić information content (AvgIpc) is 3.22. The lowest BCUT2D eigenvalue weighted by Crippen LogP contribution is -1.84. The maximum atomic E-state index is 4.72. The van der Waals surface area contributed by atoms with Crippen LogP contribution < -0.4 is 5.32 Å². The van der Waals surface area contributed by atoms with E-state index in [1.807, 2.05) is 7.05 Å². The summed E-state index contributed by atoms with van der Waals surface area (Å²) < 4.78 is 0.964. The molecule has 0 aliphatic rings. The number of hydrogen-bond donors (Lipinski definition) is 1. The van der Waals surface area contributed by atoms with E-state index in [0.717, 1.165) is 32.3 Å². The topological polar surface area (TPSA) is 50.7 Å². The van der Waals surface area contributed by atoms with Crippen LogP contribution in [0.1, 0.15) is 18.2 Å². The Morgan fingerprint density at radius 1 is 1.18 bits per heavy atom. The number of aryl methyl sites for hydroxylation is 1. The van der Waals surface area contributed by atoms with E-state index in [1.54, 1.807) is 34.4 Å². The summed E-state index contributed by atoms with van der Waals surface area (Å²) in [4.78, 5) is 4.72. The third kappa shape index (κ3) is 3.66. The van der Waals surface area contributed by atoms with E-state index in [9.17, 15) is 0 Å². The van der Waals surface area contributed by atoms with Gasteiger partial charge in [0.05, 0.1) is 5.69 Å². The van der Waals surface area contributed by atoms with Crippen molar-refractivity contribution in [2.24, 2.45) is 0 Å². The number of anilines is 1. The number of thiazole rings is 1. The van der Waals surface area contributed by atoms with Gasteiger partial charge in [0.1, 0.15) is 5.01 Å². The van der Waals surface area contributed by atoms with Crippen LogP contribution in [0.15, 0.2) is 34.0 Å². The molecule has 3 rings (SSSR count). The van der Waals surface area contributed by atoms with Gasteiger partial charge in [-0.3, -0.25) is 0 Å². The molecule has 0 unspecified atom stereocenters. The van der Waals surface area contributed by atoms with Crippen LogP contribution in [0.3, 0.4) is 0 Å². The molecule has 0 radical (unpaired) electrons. The van der Waals surface area contributed by atoms with Crippen molar-refractivity contribution in [3.05, 3.63) is 40.9 Å². The minimum Gasteiger partial charge on any atom is -0.363 e. The Hall–Kier alpha value is -1.44. The molecule has 2 heterocycles. The Balaban J connectivity index is 1.65. The Morgan fingerprint density at radius 2 is 2.00 bits per heavy atom. The van der Waals surface area contributed by atoms with Crippen molar-refractivity contribution in [2.75, 3.05) is 12.4 Å². The SMILES string of the molecule is CCc1ccc(-c2nc(CSc3nnc(NC)s3)cs2)cc1. The van der Waals surface area contributed by atoms with Crippen molar-refractivity contribution in [1.29, 1.82) is 0 Å². The zero-order valence-electron chi connectivity index (χ0n) is 12.4. The summed E-state index contributed by atoms with van der Waals surface area (Å²) in [6.07, 6.45) is 1.07. The van der Waals surface area contributed by atoms with E-state index in [1.165, 1.54) is 11.1 Å². The third-order valence-corrected chi connectivity index (χ3v) is 6.17. The first-order valence-electron chi connectivity index (χ1n) is 6.96. The fourth-order valence-corrected chi connectivity index (χ4v) is 4.42. The van der Waals surface area contributed by atoms with Crippen LogP contribution in [0.5, 0.6) is 0 Å². The standard InChI is InChI=1S/C15H16N4S3/c1-3-10-4-6-11(7-5-10)13-17-12(8-20-13)9-21-15-19-18-14(16-2)22-15/h4-8H,3,9H2,1-2H3,(H,16,18). The molecular formula is C15H16N4S3. The molecule has 0 atom stereocenters. The lowest BCUT2D eigenvalue weighted by molar-refractivity contribution is 1.01. The van der Waals surface area contributed by atoms with Gasteiger partial charge in [0.15, 0.2) is 4.34 Å². The van der Waals surface area contributed by atoms with Crippen LogP contribution in [0, 0.1) is 0 Å². The van der Waals surface area contributed by atoms with Crippen LogP contribution in [0.4, 0.5) is 5.13 Å². The zero-order valence-corrected chi connectivity index (χ0v) is 14.8. The first kappa shape index (κ1) is 15.5. The van der Waals surface area contributed by atoms with Gasteiger partial charge >= 0.3 is 0 Å². The molecule has 0 aliphatic heterocycles. The molecule has 22 heavy (non-hydrogen) atoms. The molecule has 0 bridgehead atoms. The number of nitrogens with zero attached hydrogens (tertiary/aromatic N) is 3. The first-order valence-corrected chi connectivity index (χ1v) is 9.64. The average molecular weight is 349 g/mol. The highest BCUT2D eigenvalue weighted by molar-refractivity contribution is 8.00. The summed E-state index contributed by atoms with van der Waals surface area (Å²) in [5.74, 6) is 0.821. The molecule has 0 amide bonds. The molecule has 1 aromatic carbocycles. The fraction of sp³-hybridized carbons (Fsp3) is 0.267. The summed E-state index contributed by atoms with van der Waals surface area (Å²) in [6.45, 7) is 2.17. The van der Waals surface area contributed by atoms with Gasteiger partial charge in [0, 0.05) is 23.7 Å². The van der Waals surface area contributed by atoms with Crippen LogP contribution in [0.25, 0.3) is 10.6 Å². The second kappa shape index (κ2) is 7.21. The Kier molecular flexibility index (Phi) is 5.07. The second-order valence-electron chi connectivity index (χ2n) is 4.61. The molecule has 1 N–H and O–H groups in total. The smallest absolute Gasteiger partial charge is 0.206 e. The molecular weight excluding hydrogens is 332 g/mol. The number of thioether (sulfide) groups is 1. The highest BCUT2D eigenvalue weighted by Gasteiger charge is 2.08. The van der Waals surface area contributed by atoms with E-state index in [4.69, 9.17) is 4.98 Å². The van der Waals surface area contributed by atoms with E-state index in [-0.39, 0.29) is 0 Å². The largest absolute Gasteiger partial charge is 0.363 e. The Morgan fingerprint density at radius 3 is 2.68 bits per heavy atom. The van der Waals surface area contributed by atoms with Gasteiger partial charge in [-0.25, -0.2) is 4.98 Å². The summed E-state index contributed by atoms with van der Waals surface area (Å²) in [7, 11) is 1.85.